The second kappa shape index (κ2) is 4.80. The van der Waals surface area contributed by atoms with Crippen molar-refractivity contribution in [1.82, 2.24) is 9.97 Å². The summed E-state index contributed by atoms with van der Waals surface area (Å²) in [5.74, 6) is -0.612. The Balaban J connectivity index is 2.46. The van der Waals surface area contributed by atoms with Gasteiger partial charge in [0.05, 0.1) is 6.20 Å². The van der Waals surface area contributed by atoms with Gasteiger partial charge in [0.2, 0.25) is 5.89 Å². The van der Waals surface area contributed by atoms with Gasteiger partial charge in [-0.2, -0.15) is 0 Å². The third-order valence-electron chi connectivity index (χ3n) is 2.36. The van der Waals surface area contributed by atoms with E-state index in [0.717, 1.165) is 6.20 Å². The van der Waals surface area contributed by atoms with E-state index in [2.05, 4.69) is 9.97 Å². The van der Waals surface area contributed by atoms with E-state index in [0.29, 0.717) is 0 Å². The van der Waals surface area contributed by atoms with Gasteiger partial charge < -0.3 is 4.42 Å². The van der Waals surface area contributed by atoms with Crippen LogP contribution in [-0.4, -0.2) is 9.97 Å². The number of pyridine rings is 1. The van der Waals surface area contributed by atoms with Crippen LogP contribution in [0.1, 0.15) is 37.6 Å². The minimum atomic E-state index is -2.71. The molecule has 2 aromatic heterocycles. The fourth-order valence-electron chi connectivity index (χ4n) is 1.53. The molecule has 96 valence electrons. The summed E-state index contributed by atoms with van der Waals surface area (Å²) in [4.78, 5) is 7.47. The molecule has 2 aromatic rings. The number of halogens is 3. The van der Waals surface area contributed by atoms with E-state index in [-0.39, 0.29) is 29.0 Å². The standard InChI is InChI=1S/C12H11F3N2O/c1-6(2)10-9(11(14)15)17-12(18-10)8-4-3-7(13)5-16-8/h3-6,11H,1-2H3. The van der Waals surface area contributed by atoms with Crippen LogP contribution < -0.4 is 0 Å². The summed E-state index contributed by atoms with van der Waals surface area (Å²) in [6.45, 7) is 3.46. The van der Waals surface area contributed by atoms with Crippen molar-refractivity contribution in [3.8, 4) is 11.6 Å². The quantitative estimate of drug-likeness (QED) is 0.835. The zero-order valence-electron chi connectivity index (χ0n) is 9.82. The summed E-state index contributed by atoms with van der Waals surface area (Å²) in [6.07, 6.45) is -1.73. The predicted octanol–water partition coefficient (Wildman–Crippen LogP) is 3.94. The van der Waals surface area contributed by atoms with Crippen LogP contribution in [0.15, 0.2) is 22.7 Å². The van der Waals surface area contributed by atoms with Gasteiger partial charge >= 0.3 is 0 Å². The molecule has 0 aliphatic rings. The lowest BCUT2D eigenvalue weighted by Gasteiger charge is -2.01. The summed E-state index contributed by atoms with van der Waals surface area (Å²) in [5.41, 5.74) is -0.156. The Kier molecular flexibility index (Phi) is 3.36. The van der Waals surface area contributed by atoms with E-state index >= 15 is 0 Å². The van der Waals surface area contributed by atoms with E-state index in [1.54, 1.807) is 13.8 Å². The van der Waals surface area contributed by atoms with Crippen molar-refractivity contribution >= 4 is 0 Å². The molecule has 0 N–H and O–H groups in total. The fraction of sp³-hybridized carbons (Fsp3) is 0.333. The van der Waals surface area contributed by atoms with Crippen LogP contribution in [0.5, 0.6) is 0 Å². The summed E-state index contributed by atoms with van der Waals surface area (Å²) < 4.78 is 43.6. The number of oxazole rings is 1. The fourth-order valence-corrected chi connectivity index (χ4v) is 1.53. The van der Waals surface area contributed by atoms with Crippen LogP contribution in [0.25, 0.3) is 11.6 Å². The smallest absolute Gasteiger partial charge is 0.283 e. The largest absolute Gasteiger partial charge is 0.439 e. The molecule has 0 saturated heterocycles. The van der Waals surface area contributed by atoms with E-state index in [9.17, 15) is 13.2 Å². The van der Waals surface area contributed by atoms with Gasteiger partial charge in [-0.05, 0) is 12.1 Å². The van der Waals surface area contributed by atoms with Crippen molar-refractivity contribution in [1.29, 1.82) is 0 Å². The van der Waals surface area contributed by atoms with Gasteiger partial charge in [-0.3, -0.25) is 0 Å². The second-order valence-electron chi connectivity index (χ2n) is 4.09. The molecule has 18 heavy (non-hydrogen) atoms. The highest BCUT2D eigenvalue weighted by molar-refractivity contribution is 5.47. The lowest BCUT2D eigenvalue weighted by molar-refractivity contribution is 0.143. The predicted molar refractivity (Wildman–Crippen MR) is 58.7 cm³/mol. The molecule has 0 aromatic carbocycles. The van der Waals surface area contributed by atoms with Gasteiger partial charge in [0.1, 0.15) is 23.0 Å². The van der Waals surface area contributed by atoms with Gasteiger partial charge in [-0.1, -0.05) is 13.8 Å². The number of aromatic nitrogens is 2. The van der Waals surface area contributed by atoms with Gasteiger partial charge in [-0.25, -0.2) is 23.1 Å². The lowest BCUT2D eigenvalue weighted by Crippen LogP contribution is -1.93. The molecule has 0 aliphatic heterocycles. The summed E-state index contributed by atoms with van der Waals surface area (Å²) >= 11 is 0. The highest BCUT2D eigenvalue weighted by atomic mass is 19.3. The zero-order valence-corrected chi connectivity index (χ0v) is 9.82. The maximum atomic E-state index is 12.8. The highest BCUT2D eigenvalue weighted by Gasteiger charge is 2.24. The molecule has 0 saturated carbocycles. The SMILES string of the molecule is CC(C)c1oc(-c2ccc(F)cn2)nc1C(F)F. The Bertz CT molecular complexity index is 509. The van der Waals surface area contributed by atoms with Gasteiger partial charge in [0.25, 0.3) is 6.43 Å². The molecular formula is C12H11F3N2O. The van der Waals surface area contributed by atoms with Crippen LogP contribution in [0.3, 0.4) is 0 Å². The first-order chi connectivity index (χ1) is 8.49. The number of nitrogens with zero attached hydrogens (tertiary/aromatic N) is 2. The first kappa shape index (κ1) is 12.6. The Morgan fingerprint density at radius 3 is 2.39 bits per heavy atom. The normalized spacial score (nSPS) is 11.5. The van der Waals surface area contributed by atoms with Crippen molar-refractivity contribution in [3.63, 3.8) is 0 Å². The van der Waals surface area contributed by atoms with Crippen molar-refractivity contribution in [2.75, 3.05) is 0 Å². The Labute approximate surface area is 102 Å². The molecule has 0 aliphatic carbocycles. The number of rotatable bonds is 3. The van der Waals surface area contributed by atoms with Crippen LogP contribution >= 0.6 is 0 Å². The topological polar surface area (TPSA) is 38.9 Å². The molecule has 0 fully saturated rings. The molecule has 0 unspecified atom stereocenters. The minimum Gasteiger partial charge on any atom is -0.439 e. The Morgan fingerprint density at radius 1 is 1.22 bits per heavy atom. The third kappa shape index (κ3) is 2.37. The molecule has 6 heteroatoms. The summed E-state index contributed by atoms with van der Waals surface area (Å²) in [5, 5.41) is 0. The molecule has 0 amide bonds. The average molecular weight is 256 g/mol. The summed E-state index contributed by atoms with van der Waals surface area (Å²) in [7, 11) is 0. The van der Waals surface area contributed by atoms with Gasteiger partial charge in [-0.15, -0.1) is 0 Å². The van der Waals surface area contributed by atoms with E-state index in [1.807, 2.05) is 0 Å². The molecule has 0 radical (unpaired) electrons. The van der Waals surface area contributed by atoms with Crippen LogP contribution in [0.4, 0.5) is 13.2 Å². The highest BCUT2D eigenvalue weighted by Crippen LogP contribution is 2.31. The van der Waals surface area contributed by atoms with Crippen molar-refractivity contribution in [2.45, 2.75) is 26.2 Å². The molecule has 3 nitrogen and oxygen atoms in total. The molecule has 0 spiro atoms. The van der Waals surface area contributed by atoms with E-state index < -0.39 is 12.2 Å². The van der Waals surface area contributed by atoms with E-state index in [4.69, 9.17) is 4.42 Å². The van der Waals surface area contributed by atoms with Crippen LogP contribution in [0.2, 0.25) is 0 Å². The number of hydrogen-bond donors (Lipinski definition) is 0. The average Bonchev–Trinajstić information content (AvgIpc) is 2.75. The lowest BCUT2D eigenvalue weighted by atomic mass is 10.1. The van der Waals surface area contributed by atoms with Crippen molar-refractivity contribution < 1.29 is 17.6 Å². The molecule has 2 heterocycles. The first-order valence-corrected chi connectivity index (χ1v) is 5.39. The van der Waals surface area contributed by atoms with Gasteiger partial charge in [0.15, 0.2) is 0 Å². The van der Waals surface area contributed by atoms with Gasteiger partial charge in [0, 0.05) is 5.92 Å². The van der Waals surface area contributed by atoms with Crippen molar-refractivity contribution in [2.24, 2.45) is 0 Å². The summed E-state index contributed by atoms with van der Waals surface area (Å²) in [6, 6.07) is 2.50. The van der Waals surface area contributed by atoms with Crippen LogP contribution in [-0.2, 0) is 0 Å². The third-order valence-corrected chi connectivity index (χ3v) is 2.36. The Hall–Kier alpha value is -1.85. The molecule has 0 bridgehead atoms. The molecule has 0 atom stereocenters. The molecular weight excluding hydrogens is 245 g/mol. The molecule has 2 rings (SSSR count). The number of alkyl halides is 2. The zero-order chi connectivity index (χ0) is 13.3. The maximum absolute atomic E-state index is 12.8. The maximum Gasteiger partial charge on any atom is 0.283 e. The monoisotopic (exact) mass is 256 g/mol. The van der Waals surface area contributed by atoms with E-state index in [1.165, 1.54) is 12.1 Å². The number of hydrogen-bond acceptors (Lipinski definition) is 3. The second-order valence-corrected chi connectivity index (χ2v) is 4.09. The first-order valence-electron chi connectivity index (χ1n) is 5.39. The Morgan fingerprint density at radius 2 is 1.94 bits per heavy atom. The van der Waals surface area contributed by atoms with Crippen LogP contribution in [0, 0.1) is 5.82 Å². The minimum absolute atomic E-state index is 0.0194. The van der Waals surface area contributed by atoms with Crippen molar-refractivity contribution in [3.05, 3.63) is 35.6 Å².